The van der Waals surface area contributed by atoms with Gasteiger partial charge in [-0.25, -0.2) is 8.42 Å². The maximum Gasteiger partial charge on any atom is 0.251 e. The summed E-state index contributed by atoms with van der Waals surface area (Å²) in [5.41, 5.74) is 1.58. The highest BCUT2D eigenvalue weighted by molar-refractivity contribution is 7.91. The van der Waals surface area contributed by atoms with Crippen molar-refractivity contribution < 1.29 is 13.2 Å². The second kappa shape index (κ2) is 5.10. The van der Waals surface area contributed by atoms with Crippen LogP contribution in [0.5, 0.6) is 0 Å². The highest BCUT2D eigenvalue weighted by Crippen LogP contribution is 2.17. The van der Waals surface area contributed by atoms with E-state index in [0.29, 0.717) is 18.5 Å². The molecule has 1 heterocycles. The molecule has 0 bridgehead atoms. The zero-order chi connectivity index (χ0) is 13.2. The fourth-order valence-electron chi connectivity index (χ4n) is 2.19. The molecule has 1 atom stereocenters. The maximum atomic E-state index is 11.9. The molecule has 1 aromatic rings. The van der Waals surface area contributed by atoms with Gasteiger partial charge in [0.1, 0.15) is 0 Å². The predicted molar refractivity (Wildman–Crippen MR) is 70.3 cm³/mol. The summed E-state index contributed by atoms with van der Waals surface area (Å²) in [6.07, 6.45) is 0.649. The van der Waals surface area contributed by atoms with Gasteiger partial charge in [0.05, 0.1) is 11.5 Å². The molecule has 0 saturated carbocycles. The standard InChI is InChI=1S/C13H17NO3S/c1-10-4-2-3-5-12(10)13(15)14-8-11-6-7-18(16,17)9-11/h2-5,11H,6-9H2,1H3,(H,14,15)/t11-/m0/s1. The summed E-state index contributed by atoms with van der Waals surface area (Å²) in [4.78, 5) is 11.9. The Hall–Kier alpha value is -1.36. The number of sulfone groups is 1. The number of hydrogen-bond acceptors (Lipinski definition) is 3. The molecule has 0 unspecified atom stereocenters. The highest BCUT2D eigenvalue weighted by Gasteiger charge is 2.28. The van der Waals surface area contributed by atoms with Crippen LogP contribution in [0.1, 0.15) is 22.3 Å². The third kappa shape index (κ3) is 3.10. The van der Waals surface area contributed by atoms with Gasteiger partial charge in [-0.15, -0.1) is 0 Å². The quantitative estimate of drug-likeness (QED) is 0.894. The van der Waals surface area contributed by atoms with Crippen LogP contribution in [-0.2, 0) is 9.84 Å². The van der Waals surface area contributed by atoms with Crippen molar-refractivity contribution in [2.45, 2.75) is 13.3 Å². The van der Waals surface area contributed by atoms with E-state index in [2.05, 4.69) is 5.32 Å². The lowest BCUT2D eigenvalue weighted by Gasteiger charge is -2.10. The van der Waals surface area contributed by atoms with E-state index < -0.39 is 9.84 Å². The minimum atomic E-state index is -2.87. The lowest BCUT2D eigenvalue weighted by Crippen LogP contribution is -2.30. The van der Waals surface area contributed by atoms with Crippen LogP contribution in [0.15, 0.2) is 24.3 Å². The van der Waals surface area contributed by atoms with E-state index in [4.69, 9.17) is 0 Å². The average Bonchev–Trinajstić information content (AvgIpc) is 2.66. The Balaban J connectivity index is 1.92. The zero-order valence-corrected chi connectivity index (χ0v) is 11.2. The molecule has 1 aromatic carbocycles. The molecule has 1 aliphatic heterocycles. The fourth-order valence-corrected chi connectivity index (χ4v) is 4.05. The molecule has 4 nitrogen and oxygen atoms in total. The summed E-state index contributed by atoms with van der Waals surface area (Å²) < 4.78 is 22.6. The van der Waals surface area contributed by atoms with Gasteiger partial charge in [0.2, 0.25) is 0 Å². The first-order chi connectivity index (χ1) is 8.48. The first-order valence-electron chi connectivity index (χ1n) is 6.02. The summed E-state index contributed by atoms with van der Waals surface area (Å²) in [6, 6.07) is 7.36. The lowest BCUT2D eigenvalue weighted by atomic mass is 10.1. The van der Waals surface area contributed by atoms with E-state index in [1.165, 1.54) is 0 Å². The summed E-state index contributed by atoms with van der Waals surface area (Å²) in [7, 11) is -2.87. The van der Waals surface area contributed by atoms with Crippen molar-refractivity contribution in [3.63, 3.8) is 0 Å². The Morgan fingerprint density at radius 2 is 2.11 bits per heavy atom. The molecule has 5 heteroatoms. The van der Waals surface area contributed by atoms with E-state index in [-0.39, 0.29) is 23.3 Å². The Morgan fingerprint density at radius 3 is 2.72 bits per heavy atom. The maximum absolute atomic E-state index is 11.9. The van der Waals surface area contributed by atoms with Crippen molar-refractivity contribution in [1.29, 1.82) is 0 Å². The van der Waals surface area contributed by atoms with Crippen LogP contribution in [-0.4, -0.2) is 32.4 Å². The fraction of sp³-hybridized carbons (Fsp3) is 0.462. The summed E-state index contributed by atoms with van der Waals surface area (Å²) in [6.45, 7) is 2.32. The molecule has 0 aliphatic carbocycles. The Kier molecular flexibility index (Phi) is 3.71. The smallest absolute Gasteiger partial charge is 0.251 e. The number of hydrogen-bond donors (Lipinski definition) is 1. The topological polar surface area (TPSA) is 63.2 Å². The Bertz CT molecular complexity index is 551. The molecule has 0 spiro atoms. The van der Waals surface area contributed by atoms with Crippen LogP contribution in [0.2, 0.25) is 0 Å². The molecule has 1 aliphatic rings. The van der Waals surface area contributed by atoms with Crippen molar-refractivity contribution in [2.24, 2.45) is 5.92 Å². The third-order valence-corrected chi connectivity index (χ3v) is 5.10. The molecule has 1 N–H and O–H groups in total. The van der Waals surface area contributed by atoms with Gasteiger partial charge in [0, 0.05) is 12.1 Å². The molecule has 0 aromatic heterocycles. The normalized spacial score (nSPS) is 21.7. The third-order valence-electron chi connectivity index (χ3n) is 3.27. The SMILES string of the molecule is Cc1ccccc1C(=O)NC[C@@H]1CCS(=O)(=O)C1. The molecular weight excluding hydrogens is 250 g/mol. The number of nitrogens with one attached hydrogen (secondary N) is 1. The first-order valence-corrected chi connectivity index (χ1v) is 7.84. The van der Waals surface area contributed by atoms with Crippen molar-refractivity contribution in [3.05, 3.63) is 35.4 Å². The largest absolute Gasteiger partial charge is 0.352 e. The number of benzene rings is 1. The number of carbonyl (C=O) groups excluding carboxylic acids is 1. The number of carbonyl (C=O) groups is 1. The van der Waals surface area contributed by atoms with Gasteiger partial charge < -0.3 is 5.32 Å². The molecule has 1 saturated heterocycles. The highest BCUT2D eigenvalue weighted by atomic mass is 32.2. The second-order valence-corrected chi connectivity index (χ2v) is 7.02. The zero-order valence-electron chi connectivity index (χ0n) is 10.3. The molecule has 1 fully saturated rings. The second-order valence-electron chi connectivity index (χ2n) is 4.79. The van der Waals surface area contributed by atoms with Crippen LogP contribution in [0, 0.1) is 12.8 Å². The number of rotatable bonds is 3. The number of amides is 1. The summed E-state index contributed by atoms with van der Waals surface area (Å²) >= 11 is 0. The van der Waals surface area contributed by atoms with E-state index >= 15 is 0 Å². The predicted octanol–water partition coefficient (Wildman–Crippen LogP) is 1.16. The average molecular weight is 267 g/mol. The van der Waals surface area contributed by atoms with Crippen molar-refractivity contribution in [1.82, 2.24) is 5.32 Å². The Morgan fingerprint density at radius 1 is 1.39 bits per heavy atom. The first kappa shape index (κ1) is 13.1. The lowest BCUT2D eigenvalue weighted by molar-refractivity contribution is 0.0948. The van der Waals surface area contributed by atoms with Gasteiger partial charge in [-0.05, 0) is 30.9 Å². The van der Waals surface area contributed by atoms with Crippen molar-refractivity contribution >= 4 is 15.7 Å². The number of aryl methyl sites for hydroxylation is 1. The summed E-state index contributed by atoms with van der Waals surface area (Å²) in [5, 5.41) is 2.82. The molecular formula is C13H17NO3S. The summed E-state index contributed by atoms with van der Waals surface area (Å²) in [5.74, 6) is 0.374. The van der Waals surface area contributed by atoms with E-state index in [1.807, 2.05) is 25.1 Å². The molecule has 0 radical (unpaired) electrons. The van der Waals surface area contributed by atoms with E-state index in [0.717, 1.165) is 5.56 Å². The van der Waals surface area contributed by atoms with Gasteiger partial charge in [-0.1, -0.05) is 18.2 Å². The van der Waals surface area contributed by atoms with Crippen LogP contribution in [0.3, 0.4) is 0 Å². The van der Waals surface area contributed by atoms with E-state index in [9.17, 15) is 13.2 Å². The molecule has 2 rings (SSSR count). The molecule has 18 heavy (non-hydrogen) atoms. The van der Waals surface area contributed by atoms with Crippen LogP contribution < -0.4 is 5.32 Å². The minimum Gasteiger partial charge on any atom is -0.352 e. The Labute approximate surface area is 107 Å². The van der Waals surface area contributed by atoms with E-state index in [1.54, 1.807) is 6.07 Å². The van der Waals surface area contributed by atoms with Gasteiger partial charge in [0.15, 0.2) is 9.84 Å². The van der Waals surface area contributed by atoms with Gasteiger partial charge in [-0.2, -0.15) is 0 Å². The van der Waals surface area contributed by atoms with Crippen molar-refractivity contribution in [3.8, 4) is 0 Å². The van der Waals surface area contributed by atoms with Gasteiger partial charge in [0.25, 0.3) is 5.91 Å². The van der Waals surface area contributed by atoms with Crippen LogP contribution in [0.4, 0.5) is 0 Å². The van der Waals surface area contributed by atoms with Crippen molar-refractivity contribution in [2.75, 3.05) is 18.1 Å². The molecule has 1 amide bonds. The minimum absolute atomic E-state index is 0.0583. The molecule has 98 valence electrons. The van der Waals surface area contributed by atoms with Gasteiger partial charge in [-0.3, -0.25) is 4.79 Å². The van der Waals surface area contributed by atoms with Crippen LogP contribution >= 0.6 is 0 Å². The van der Waals surface area contributed by atoms with Crippen LogP contribution in [0.25, 0.3) is 0 Å². The van der Waals surface area contributed by atoms with Gasteiger partial charge >= 0.3 is 0 Å². The monoisotopic (exact) mass is 267 g/mol.